The summed E-state index contributed by atoms with van der Waals surface area (Å²) in [4.78, 5) is 13.5. The van der Waals surface area contributed by atoms with Gasteiger partial charge in [0.2, 0.25) is 5.91 Å². The lowest BCUT2D eigenvalue weighted by atomic mass is 10.1. The van der Waals surface area contributed by atoms with Gasteiger partial charge in [0.1, 0.15) is 0 Å². The van der Waals surface area contributed by atoms with Gasteiger partial charge in [-0.2, -0.15) is 5.26 Å². The summed E-state index contributed by atoms with van der Waals surface area (Å²) < 4.78 is 0. The molecule has 1 N–H and O–H groups in total. The average molecular weight is 211 g/mol. The summed E-state index contributed by atoms with van der Waals surface area (Å²) >= 11 is 0. The number of carbonyl (C=O) groups is 1. The number of hydrogen-bond acceptors (Lipinski definition) is 3. The van der Waals surface area contributed by atoms with Crippen LogP contribution < -0.4 is 5.32 Å². The summed E-state index contributed by atoms with van der Waals surface area (Å²) in [5, 5.41) is 11.5. The lowest BCUT2D eigenvalue weighted by Crippen LogP contribution is -2.46. The van der Waals surface area contributed by atoms with Crippen molar-refractivity contribution in [3.63, 3.8) is 0 Å². The molecule has 1 unspecified atom stereocenters. The van der Waals surface area contributed by atoms with Crippen LogP contribution >= 0.6 is 0 Å². The van der Waals surface area contributed by atoms with Crippen LogP contribution in [0.4, 0.5) is 0 Å². The maximum atomic E-state index is 11.7. The molecule has 0 aromatic heterocycles. The Morgan fingerprint density at radius 3 is 2.40 bits per heavy atom. The minimum absolute atomic E-state index is 0.00134. The van der Waals surface area contributed by atoms with Crippen LogP contribution in [0.15, 0.2) is 0 Å². The van der Waals surface area contributed by atoms with E-state index in [0.29, 0.717) is 0 Å². The fourth-order valence-corrected chi connectivity index (χ4v) is 1.26. The van der Waals surface area contributed by atoms with Crippen molar-refractivity contribution in [3.8, 4) is 6.07 Å². The number of nitrogens with one attached hydrogen (secondary N) is 1. The first kappa shape index (κ1) is 13.9. The Labute approximate surface area is 92.3 Å². The zero-order valence-electron chi connectivity index (χ0n) is 10.1. The number of nitrogens with zero attached hydrogens (tertiary/aromatic N) is 2. The van der Waals surface area contributed by atoms with E-state index in [4.69, 9.17) is 5.26 Å². The summed E-state index contributed by atoms with van der Waals surface area (Å²) in [6.45, 7) is 6.20. The quantitative estimate of drug-likeness (QED) is 0.670. The molecule has 4 nitrogen and oxygen atoms in total. The van der Waals surface area contributed by atoms with Crippen LogP contribution in [0.3, 0.4) is 0 Å². The van der Waals surface area contributed by atoms with Gasteiger partial charge in [-0.15, -0.1) is 0 Å². The molecule has 0 rings (SSSR count). The number of carbonyl (C=O) groups excluding carboxylic acids is 1. The molecule has 0 saturated carbocycles. The molecule has 0 aliphatic rings. The van der Waals surface area contributed by atoms with Gasteiger partial charge >= 0.3 is 0 Å². The van der Waals surface area contributed by atoms with Crippen LogP contribution in [0.2, 0.25) is 0 Å². The molecule has 0 radical (unpaired) electrons. The molecular weight excluding hydrogens is 190 g/mol. The fourth-order valence-electron chi connectivity index (χ4n) is 1.26. The van der Waals surface area contributed by atoms with Gasteiger partial charge in [0.25, 0.3) is 0 Å². The highest BCUT2D eigenvalue weighted by molar-refractivity contribution is 5.81. The minimum Gasteiger partial charge on any atom is -0.352 e. The Morgan fingerprint density at radius 1 is 1.47 bits per heavy atom. The minimum atomic E-state index is -0.245. The summed E-state index contributed by atoms with van der Waals surface area (Å²) in [5.41, 5.74) is 0. The number of nitriles is 1. The molecule has 0 fully saturated rings. The highest BCUT2D eigenvalue weighted by Gasteiger charge is 2.19. The topological polar surface area (TPSA) is 56.1 Å². The Balaban J connectivity index is 4.14. The lowest BCUT2D eigenvalue weighted by Gasteiger charge is -2.23. The van der Waals surface area contributed by atoms with E-state index in [0.717, 1.165) is 12.8 Å². The van der Waals surface area contributed by atoms with E-state index in [2.05, 4.69) is 19.2 Å². The molecular formula is C11H21N3O. The van der Waals surface area contributed by atoms with Crippen LogP contribution in [0.5, 0.6) is 0 Å². The highest BCUT2D eigenvalue weighted by atomic mass is 16.2. The normalized spacial score (nSPS) is 12.6. The van der Waals surface area contributed by atoms with E-state index >= 15 is 0 Å². The van der Waals surface area contributed by atoms with Crippen molar-refractivity contribution < 1.29 is 4.79 Å². The predicted molar refractivity (Wildman–Crippen MR) is 60.2 cm³/mol. The number of hydrogen-bond donors (Lipinski definition) is 1. The van der Waals surface area contributed by atoms with E-state index in [1.807, 2.05) is 13.0 Å². The molecule has 1 amide bonds. The smallest absolute Gasteiger partial charge is 0.237 e. The summed E-state index contributed by atoms with van der Waals surface area (Å²) in [5.74, 6) is 0.00134. The van der Waals surface area contributed by atoms with Crippen LogP contribution in [0.1, 0.15) is 33.6 Å². The maximum Gasteiger partial charge on any atom is 0.237 e. The molecule has 0 spiro atoms. The third-order valence-corrected chi connectivity index (χ3v) is 2.69. The third-order valence-electron chi connectivity index (χ3n) is 2.69. The second-order valence-corrected chi connectivity index (χ2v) is 3.77. The molecule has 4 heteroatoms. The van der Waals surface area contributed by atoms with Crippen molar-refractivity contribution in [3.05, 3.63) is 0 Å². The van der Waals surface area contributed by atoms with Crippen molar-refractivity contribution in [2.75, 3.05) is 13.6 Å². The maximum absolute atomic E-state index is 11.7. The zero-order chi connectivity index (χ0) is 11.8. The van der Waals surface area contributed by atoms with Gasteiger partial charge in [0, 0.05) is 6.04 Å². The average Bonchev–Trinajstić information content (AvgIpc) is 2.24. The van der Waals surface area contributed by atoms with E-state index in [1.54, 1.807) is 11.9 Å². The Hall–Kier alpha value is -1.08. The van der Waals surface area contributed by atoms with Gasteiger partial charge in [-0.1, -0.05) is 13.8 Å². The SMILES string of the molecule is CCC(CC)NC(=O)C(C)N(C)CC#N. The van der Waals surface area contributed by atoms with E-state index in [9.17, 15) is 4.79 Å². The van der Waals surface area contributed by atoms with Gasteiger partial charge in [0.05, 0.1) is 18.7 Å². The summed E-state index contributed by atoms with van der Waals surface area (Å²) in [6, 6.07) is 2.03. The first-order valence-electron chi connectivity index (χ1n) is 5.44. The molecule has 15 heavy (non-hydrogen) atoms. The molecule has 0 aromatic rings. The Bertz CT molecular complexity index is 230. The standard InChI is InChI=1S/C11H21N3O/c1-5-10(6-2)13-11(15)9(3)14(4)8-7-12/h9-10H,5-6,8H2,1-4H3,(H,13,15). The molecule has 0 aliphatic carbocycles. The summed E-state index contributed by atoms with van der Waals surface area (Å²) in [6.07, 6.45) is 1.88. The Kier molecular flexibility index (Phi) is 6.72. The van der Waals surface area contributed by atoms with Crippen molar-refractivity contribution in [1.29, 1.82) is 5.26 Å². The molecule has 1 atom stereocenters. The van der Waals surface area contributed by atoms with Crippen LogP contribution in [0, 0.1) is 11.3 Å². The van der Waals surface area contributed by atoms with Crippen molar-refractivity contribution in [1.82, 2.24) is 10.2 Å². The first-order chi connectivity index (χ1) is 7.06. The summed E-state index contributed by atoms with van der Waals surface area (Å²) in [7, 11) is 1.78. The zero-order valence-corrected chi connectivity index (χ0v) is 10.1. The second-order valence-electron chi connectivity index (χ2n) is 3.77. The highest BCUT2D eigenvalue weighted by Crippen LogP contribution is 2.00. The molecule has 0 saturated heterocycles. The number of amides is 1. The molecule has 0 bridgehead atoms. The third kappa shape index (κ3) is 4.80. The van der Waals surface area contributed by atoms with Crippen molar-refractivity contribution in [2.24, 2.45) is 0 Å². The largest absolute Gasteiger partial charge is 0.352 e. The fraction of sp³-hybridized carbons (Fsp3) is 0.818. The van der Waals surface area contributed by atoms with Crippen LogP contribution in [-0.4, -0.2) is 36.5 Å². The number of likely N-dealkylation sites (N-methyl/N-ethyl adjacent to an activating group) is 1. The molecule has 0 aliphatic heterocycles. The molecule has 86 valence electrons. The molecule has 0 aromatic carbocycles. The van der Waals surface area contributed by atoms with Gasteiger partial charge in [-0.25, -0.2) is 0 Å². The van der Waals surface area contributed by atoms with Crippen molar-refractivity contribution >= 4 is 5.91 Å². The van der Waals surface area contributed by atoms with Crippen LogP contribution in [0.25, 0.3) is 0 Å². The van der Waals surface area contributed by atoms with Gasteiger partial charge in [-0.05, 0) is 26.8 Å². The van der Waals surface area contributed by atoms with Crippen LogP contribution in [-0.2, 0) is 4.79 Å². The first-order valence-corrected chi connectivity index (χ1v) is 5.44. The second kappa shape index (κ2) is 7.24. The van der Waals surface area contributed by atoms with E-state index in [1.165, 1.54) is 0 Å². The molecule has 0 heterocycles. The van der Waals surface area contributed by atoms with Gasteiger partial charge < -0.3 is 5.32 Å². The number of rotatable bonds is 6. The van der Waals surface area contributed by atoms with Gasteiger partial charge in [-0.3, -0.25) is 9.69 Å². The van der Waals surface area contributed by atoms with Crippen molar-refractivity contribution in [2.45, 2.75) is 45.7 Å². The predicted octanol–water partition coefficient (Wildman–Crippen LogP) is 1.14. The van der Waals surface area contributed by atoms with Gasteiger partial charge in [0.15, 0.2) is 0 Å². The lowest BCUT2D eigenvalue weighted by molar-refractivity contribution is -0.126. The Morgan fingerprint density at radius 2 is 2.00 bits per heavy atom. The van der Waals surface area contributed by atoms with E-state index in [-0.39, 0.29) is 24.5 Å². The van der Waals surface area contributed by atoms with E-state index < -0.39 is 0 Å². The monoisotopic (exact) mass is 211 g/mol.